The van der Waals surface area contributed by atoms with E-state index in [1.807, 2.05) is 36.4 Å². The van der Waals surface area contributed by atoms with Crippen LogP contribution in [0.3, 0.4) is 0 Å². The van der Waals surface area contributed by atoms with Crippen LogP contribution in [0.1, 0.15) is 55.2 Å². The van der Waals surface area contributed by atoms with Crippen molar-refractivity contribution in [1.29, 1.82) is 5.26 Å². The molecule has 1 aliphatic rings. The summed E-state index contributed by atoms with van der Waals surface area (Å²) in [5.74, 6) is 0. The molecule has 1 aliphatic carbocycles. The van der Waals surface area contributed by atoms with Gasteiger partial charge < -0.3 is 0 Å². The molecule has 1 saturated carbocycles. The van der Waals surface area contributed by atoms with E-state index in [0.717, 1.165) is 6.08 Å². The van der Waals surface area contributed by atoms with Gasteiger partial charge in [0.05, 0.1) is 6.07 Å². The first kappa shape index (κ1) is 33.7. The van der Waals surface area contributed by atoms with Gasteiger partial charge in [0.2, 0.25) is 0 Å². The van der Waals surface area contributed by atoms with Gasteiger partial charge in [-0.1, -0.05) is 153 Å². The van der Waals surface area contributed by atoms with Gasteiger partial charge in [-0.05, 0) is 48.4 Å². The van der Waals surface area contributed by atoms with Crippen LogP contribution in [0, 0.1) is 11.3 Å². The summed E-state index contributed by atoms with van der Waals surface area (Å²) in [5.41, 5.74) is 4.86. The lowest BCUT2D eigenvalue weighted by Crippen LogP contribution is -2.03. The van der Waals surface area contributed by atoms with Crippen LogP contribution >= 0.6 is 0 Å². The second-order valence-electron chi connectivity index (χ2n) is 9.46. The smallest absolute Gasteiger partial charge is 0.282 e. The Morgan fingerprint density at radius 2 is 1.26 bits per heavy atom. The van der Waals surface area contributed by atoms with Crippen LogP contribution in [0.15, 0.2) is 145 Å². The van der Waals surface area contributed by atoms with Crippen molar-refractivity contribution in [2.24, 2.45) is 0 Å². The molecule has 5 heteroatoms. The van der Waals surface area contributed by atoms with Crippen LogP contribution in [0.25, 0.3) is 18.2 Å². The fourth-order valence-electron chi connectivity index (χ4n) is 4.15. The molecule has 1 fully saturated rings. The largest absolute Gasteiger partial charge is 0.295 e. The predicted molar refractivity (Wildman–Crippen MR) is 178 cm³/mol. The van der Waals surface area contributed by atoms with E-state index in [9.17, 15) is 13.0 Å². The molecule has 0 saturated heterocycles. The van der Waals surface area contributed by atoms with Gasteiger partial charge in [-0.25, -0.2) is 0 Å². The molecule has 4 nitrogen and oxygen atoms in total. The Kier molecular flexibility index (Phi) is 15.7. The lowest BCUT2D eigenvalue weighted by atomic mass is 10.0. The van der Waals surface area contributed by atoms with E-state index in [1.54, 1.807) is 42.0 Å². The van der Waals surface area contributed by atoms with E-state index >= 15 is 0 Å². The molecule has 216 valence electrons. The Morgan fingerprint density at radius 1 is 0.762 bits per heavy atom. The van der Waals surface area contributed by atoms with Gasteiger partial charge in [-0.3, -0.25) is 4.55 Å². The van der Waals surface area contributed by atoms with Gasteiger partial charge in [0, 0.05) is 11.6 Å². The fraction of sp³-hybridized carbons (Fsp3) is 0.162. The predicted octanol–water partition coefficient (Wildman–Crippen LogP) is 9.86. The number of hydrogen-bond acceptors (Lipinski definition) is 3. The van der Waals surface area contributed by atoms with Crippen molar-refractivity contribution >= 4 is 28.3 Å². The Hall–Kier alpha value is -4.50. The summed E-state index contributed by atoms with van der Waals surface area (Å²) in [6.45, 7) is 7.10. The molecule has 0 amide bonds. The third kappa shape index (κ3) is 13.7. The molecule has 42 heavy (non-hydrogen) atoms. The second kappa shape index (κ2) is 19.6. The Labute approximate surface area is 251 Å². The number of hydrogen-bond donors (Lipinski definition) is 1. The lowest BCUT2D eigenvalue weighted by Gasteiger charge is -2.04. The normalized spacial score (nSPS) is 13.8. The van der Waals surface area contributed by atoms with Gasteiger partial charge in [0.1, 0.15) is 4.91 Å². The minimum atomic E-state index is -4.46. The number of nitriles is 1. The van der Waals surface area contributed by atoms with Crippen molar-refractivity contribution < 1.29 is 13.0 Å². The van der Waals surface area contributed by atoms with Crippen LogP contribution in [0.2, 0.25) is 0 Å². The first-order chi connectivity index (χ1) is 20.4. The maximum atomic E-state index is 11.5. The molecular formula is C37H39NO3S. The van der Waals surface area contributed by atoms with E-state index in [-0.39, 0.29) is 10.5 Å². The molecule has 0 unspecified atom stereocenters. The molecule has 0 heterocycles. The Bertz CT molecular complexity index is 1500. The zero-order valence-corrected chi connectivity index (χ0v) is 24.8. The van der Waals surface area contributed by atoms with Crippen molar-refractivity contribution in [3.8, 4) is 6.07 Å². The summed E-state index contributed by atoms with van der Waals surface area (Å²) >= 11 is 0. The highest BCUT2D eigenvalue weighted by molar-refractivity contribution is 7.90. The fourth-order valence-corrected chi connectivity index (χ4v) is 4.86. The third-order valence-electron chi connectivity index (χ3n) is 6.24. The summed E-state index contributed by atoms with van der Waals surface area (Å²) < 4.78 is 32.3. The summed E-state index contributed by atoms with van der Waals surface area (Å²) in [7, 11) is -4.46. The van der Waals surface area contributed by atoms with E-state index in [0.29, 0.717) is 5.56 Å². The van der Waals surface area contributed by atoms with E-state index < -0.39 is 10.1 Å². The molecule has 3 aromatic carbocycles. The first-order valence-corrected chi connectivity index (χ1v) is 15.4. The van der Waals surface area contributed by atoms with Crippen LogP contribution < -0.4 is 0 Å². The summed E-state index contributed by atoms with van der Waals surface area (Å²) in [6, 6.07) is 31.1. The molecule has 4 rings (SSSR count). The first-order valence-electron chi connectivity index (χ1n) is 13.9. The molecule has 0 aliphatic heterocycles. The quantitative estimate of drug-likeness (QED) is 0.131. The minimum Gasteiger partial charge on any atom is -0.282 e. The highest BCUT2D eigenvalue weighted by Gasteiger charge is 2.17. The van der Waals surface area contributed by atoms with Gasteiger partial charge in [-0.2, -0.15) is 13.7 Å². The third-order valence-corrected chi connectivity index (χ3v) is 7.15. The molecular weight excluding hydrogens is 538 g/mol. The summed E-state index contributed by atoms with van der Waals surface area (Å²) in [6.07, 6.45) is 19.1. The lowest BCUT2D eigenvalue weighted by molar-refractivity contribution is 0.492. The standard InChI is InChI=1S/C15H13NO3S.C14H18.C8H8/c1-2-3-9-14(10-11-16)15(20(17,18)19)12-13-7-5-4-6-8-13;1-2-5-9-13(8-4-1)12-14-10-6-3-7-11-14;1-2-8-6-4-3-5-7-8/h2-10,12H,1H2,(H,17,18,19);3,6-7,10-12H,1-2,4-5,8-9H2;2-7H,1H2. The topological polar surface area (TPSA) is 78.2 Å². The van der Waals surface area contributed by atoms with E-state index in [2.05, 4.69) is 49.6 Å². The molecule has 0 atom stereocenters. The van der Waals surface area contributed by atoms with Crippen molar-refractivity contribution in [1.82, 2.24) is 0 Å². The van der Waals surface area contributed by atoms with Gasteiger partial charge in [-0.15, -0.1) is 0 Å². The number of nitrogens with zero attached hydrogens (tertiary/aromatic N) is 1. The maximum Gasteiger partial charge on any atom is 0.295 e. The molecule has 0 spiro atoms. The van der Waals surface area contributed by atoms with Gasteiger partial charge >= 0.3 is 0 Å². The summed E-state index contributed by atoms with van der Waals surface area (Å²) in [5, 5.41) is 8.73. The molecule has 1 N–H and O–H groups in total. The summed E-state index contributed by atoms with van der Waals surface area (Å²) in [4.78, 5) is -0.344. The number of benzene rings is 3. The van der Waals surface area contributed by atoms with Crippen LogP contribution in [0.5, 0.6) is 0 Å². The molecule has 0 bridgehead atoms. The zero-order valence-electron chi connectivity index (χ0n) is 24.0. The van der Waals surface area contributed by atoms with Crippen molar-refractivity contribution in [3.63, 3.8) is 0 Å². The Morgan fingerprint density at radius 3 is 1.69 bits per heavy atom. The molecule has 3 aromatic rings. The van der Waals surface area contributed by atoms with Crippen LogP contribution in [-0.2, 0) is 10.1 Å². The van der Waals surface area contributed by atoms with Crippen molar-refractivity contribution in [3.05, 3.63) is 161 Å². The average Bonchev–Trinajstić information content (AvgIpc) is 3.28. The highest BCUT2D eigenvalue weighted by Crippen LogP contribution is 2.24. The highest BCUT2D eigenvalue weighted by atomic mass is 32.2. The number of allylic oxidation sites excluding steroid dienone is 6. The second-order valence-corrected chi connectivity index (χ2v) is 10.9. The molecule has 0 aromatic heterocycles. The molecule has 0 radical (unpaired) electrons. The minimum absolute atomic E-state index is 0.0822. The van der Waals surface area contributed by atoms with Gasteiger partial charge in [0.25, 0.3) is 10.1 Å². The van der Waals surface area contributed by atoms with Crippen LogP contribution in [0.4, 0.5) is 0 Å². The number of rotatable bonds is 7. The Balaban J connectivity index is 0.000000241. The average molecular weight is 578 g/mol. The van der Waals surface area contributed by atoms with E-state index in [1.165, 1.54) is 74.0 Å². The van der Waals surface area contributed by atoms with E-state index in [4.69, 9.17) is 5.26 Å². The maximum absolute atomic E-state index is 11.5. The zero-order chi connectivity index (χ0) is 30.5. The van der Waals surface area contributed by atoms with Crippen molar-refractivity contribution in [2.45, 2.75) is 38.5 Å². The van der Waals surface area contributed by atoms with Crippen LogP contribution in [-0.4, -0.2) is 13.0 Å². The van der Waals surface area contributed by atoms with Gasteiger partial charge in [0.15, 0.2) is 0 Å². The SMILES string of the molecule is C(=C1CCCCCC1)c1ccccc1.C=CC=CC(=CC#N)C(=Cc1ccccc1)S(=O)(=O)O.C=Cc1ccccc1. The van der Waals surface area contributed by atoms with Crippen molar-refractivity contribution in [2.75, 3.05) is 0 Å². The monoisotopic (exact) mass is 577 g/mol.